The molecule has 0 unspecified atom stereocenters. The van der Waals surface area contributed by atoms with Crippen LogP contribution in [-0.2, 0) is 109 Å². The quantitative estimate of drug-likeness (QED) is 0.0514. The maximum absolute atomic E-state index is 11.9. The van der Waals surface area contributed by atoms with Crippen molar-refractivity contribution in [3.05, 3.63) is 143 Å². The minimum Gasteiger partial charge on any atom is -0.432 e. The fraction of sp³-hybridized carbons (Fsp3) is 0.389. The van der Waals surface area contributed by atoms with Crippen LogP contribution < -0.4 is 0 Å². The number of carbonyl (C=O) groups excluding carboxylic acids is 7. The van der Waals surface area contributed by atoms with Crippen LogP contribution in [0.3, 0.4) is 0 Å². The number of amides is 4. The second kappa shape index (κ2) is 37.4. The van der Waals surface area contributed by atoms with E-state index < -0.39 is 50.3 Å². The second-order valence-corrected chi connectivity index (χ2v) is 22.9. The summed E-state index contributed by atoms with van der Waals surface area (Å²) in [5.74, 6) is 0.667. The summed E-state index contributed by atoms with van der Waals surface area (Å²) in [6, 6.07) is 12.9. The van der Waals surface area contributed by atoms with Gasteiger partial charge in [-0.1, -0.05) is 48.6 Å². The van der Waals surface area contributed by atoms with E-state index >= 15 is 0 Å². The molecule has 512 valence electrons. The van der Waals surface area contributed by atoms with Gasteiger partial charge in [0.15, 0.2) is 59.2 Å². The predicted octanol–water partition coefficient (Wildman–Crippen LogP) is 0.805. The monoisotopic (exact) mass is 1380 g/mol. The molecule has 0 saturated carbocycles. The lowest BCUT2D eigenvalue weighted by Crippen LogP contribution is -2.32. The summed E-state index contributed by atoms with van der Waals surface area (Å²) in [5.41, 5.74) is 2.83. The molecule has 3 aliphatic rings. The highest BCUT2D eigenvalue weighted by molar-refractivity contribution is 7.87. The molecule has 7 aromatic rings. The Labute approximate surface area is 551 Å². The summed E-state index contributed by atoms with van der Waals surface area (Å²) in [4.78, 5) is 93.7. The number of hydrogen-bond donors (Lipinski definition) is 0. The zero-order chi connectivity index (χ0) is 70.3. The first-order valence-electron chi connectivity index (χ1n) is 28.6. The SMILES string of the molecule is C=C1CCC(=O)N1OC(=O)OCCc1nnc(C)nn1.C=C1CCC(=O)N1OC(=O)OCCc1nncnn1.Cc1ccc(S(=O)(=O)OCCc2nnc(C)nn2)cc1.Cc1ccc(S(=O)(=O)OCCc2nncnn2)cc1.Cc1nnc(CCC(=O)ON2C(=O)CCC2=O)nn1. The van der Waals surface area contributed by atoms with Crippen molar-refractivity contribution >= 4 is 62.1 Å². The molecule has 97 heavy (non-hydrogen) atoms. The molecule has 41 nitrogen and oxygen atoms in total. The number of aryl methyl sites for hydroxylation is 6. The lowest BCUT2D eigenvalue weighted by molar-refractivity contribution is -0.197. The van der Waals surface area contributed by atoms with Gasteiger partial charge in [-0.2, -0.15) is 16.8 Å². The van der Waals surface area contributed by atoms with Gasteiger partial charge in [0.2, 0.25) is 0 Å². The lowest BCUT2D eigenvalue weighted by Gasteiger charge is -2.15. The predicted molar refractivity (Wildman–Crippen MR) is 317 cm³/mol. The molecule has 43 heteroatoms. The van der Waals surface area contributed by atoms with E-state index in [4.69, 9.17) is 27.5 Å². The van der Waals surface area contributed by atoms with Crippen LogP contribution in [0.15, 0.2) is 95.5 Å². The van der Waals surface area contributed by atoms with E-state index in [0.717, 1.165) is 21.3 Å². The van der Waals surface area contributed by atoms with Crippen molar-refractivity contribution in [1.29, 1.82) is 0 Å². The van der Waals surface area contributed by atoms with E-state index in [1.165, 1.54) is 36.9 Å². The highest BCUT2D eigenvalue weighted by atomic mass is 32.2. The smallest absolute Gasteiger partial charge is 0.432 e. The maximum Gasteiger partial charge on any atom is 0.533 e. The van der Waals surface area contributed by atoms with Gasteiger partial charge in [0.1, 0.15) is 13.2 Å². The van der Waals surface area contributed by atoms with Crippen molar-refractivity contribution < 1.29 is 82.8 Å². The normalized spacial score (nSPS) is 13.4. The molecule has 0 atom stereocenters. The number of aromatic nitrogens is 20. The van der Waals surface area contributed by atoms with E-state index in [1.807, 2.05) is 13.8 Å². The Hall–Kier alpha value is -11.5. The van der Waals surface area contributed by atoms with E-state index in [9.17, 15) is 50.4 Å². The molecular weight excluding hydrogens is 1320 g/mol. The molecule has 0 N–H and O–H groups in total. The van der Waals surface area contributed by atoms with Gasteiger partial charge in [-0.05, 0) is 71.7 Å². The fourth-order valence-corrected chi connectivity index (χ4v) is 8.87. The average molecular weight is 1380 g/mol. The number of nitrogens with zero attached hydrogens (tertiary/aromatic N) is 23. The Morgan fingerprint density at radius 1 is 0.392 bits per heavy atom. The average Bonchev–Trinajstić information content (AvgIpc) is 1.76. The first kappa shape index (κ1) is 74.6. The summed E-state index contributed by atoms with van der Waals surface area (Å²) in [6.45, 7) is 15.8. The summed E-state index contributed by atoms with van der Waals surface area (Å²) in [6.07, 6.45) is 3.16. The van der Waals surface area contributed by atoms with Crippen molar-refractivity contribution in [3.63, 3.8) is 0 Å². The lowest BCUT2D eigenvalue weighted by atomic mass is 10.2. The minimum absolute atomic E-state index is 0.000237. The van der Waals surface area contributed by atoms with Gasteiger partial charge >= 0.3 is 18.3 Å². The zero-order valence-corrected chi connectivity index (χ0v) is 54.1. The molecule has 2 aromatic carbocycles. The van der Waals surface area contributed by atoms with Gasteiger partial charge in [-0.25, -0.2) is 14.4 Å². The van der Waals surface area contributed by atoms with E-state index in [0.29, 0.717) is 75.9 Å². The van der Waals surface area contributed by atoms with Gasteiger partial charge < -0.3 is 14.3 Å². The van der Waals surface area contributed by atoms with E-state index in [-0.39, 0.29) is 112 Å². The topological polar surface area (TPSA) is 520 Å². The summed E-state index contributed by atoms with van der Waals surface area (Å²) in [5, 5.41) is 75.9. The number of rotatable bonds is 22. The number of hydrogen-bond acceptors (Lipinski definition) is 38. The largest absolute Gasteiger partial charge is 0.533 e. The Morgan fingerprint density at radius 3 is 1.02 bits per heavy atom. The zero-order valence-electron chi connectivity index (χ0n) is 52.5. The number of ether oxygens (including phenoxy) is 2. The van der Waals surface area contributed by atoms with Crippen LogP contribution in [0, 0.1) is 34.6 Å². The van der Waals surface area contributed by atoms with Crippen LogP contribution in [0.5, 0.6) is 0 Å². The third kappa shape index (κ3) is 26.1. The molecular formula is C54H61N23O18S2. The maximum atomic E-state index is 11.9. The van der Waals surface area contributed by atoms with Gasteiger partial charge in [0.25, 0.3) is 43.9 Å². The van der Waals surface area contributed by atoms with Crippen molar-refractivity contribution in [2.24, 2.45) is 0 Å². The summed E-state index contributed by atoms with van der Waals surface area (Å²) in [7, 11) is -7.50. The summed E-state index contributed by atoms with van der Waals surface area (Å²) >= 11 is 0. The minimum atomic E-state index is -3.75. The number of hydroxylamine groups is 6. The molecule has 3 fully saturated rings. The van der Waals surface area contributed by atoms with Crippen LogP contribution >= 0.6 is 0 Å². The van der Waals surface area contributed by atoms with Crippen LogP contribution in [0.4, 0.5) is 9.59 Å². The Morgan fingerprint density at radius 2 is 0.691 bits per heavy atom. The van der Waals surface area contributed by atoms with Crippen molar-refractivity contribution in [1.82, 2.24) is 117 Å². The molecule has 3 saturated heterocycles. The second-order valence-electron chi connectivity index (χ2n) is 19.6. The van der Waals surface area contributed by atoms with E-state index in [1.54, 1.807) is 45.0 Å². The van der Waals surface area contributed by atoms with Crippen molar-refractivity contribution in [2.45, 2.75) is 121 Å². The molecule has 0 bridgehead atoms. The third-order valence-electron chi connectivity index (χ3n) is 12.0. The first-order valence-corrected chi connectivity index (χ1v) is 31.4. The Bertz CT molecular complexity index is 4000. The highest BCUT2D eigenvalue weighted by Gasteiger charge is 2.33. The van der Waals surface area contributed by atoms with Crippen LogP contribution in [-0.4, -0.2) is 202 Å². The standard InChI is InChI=1S/C12H14N4O3S.C11H13N5O4.C11H12N4O3S.2C10H11N5O4/c1-9-3-5-11(6-4-9)20(17,18)19-8-7-12-15-13-10(2)14-16-12;1-7-3-4-10(17)16(7)20-11(18)19-6-5-9-14-12-8(2)13-15-9;1-9-2-4-10(5-3-9)19(16,17)18-7-6-11-14-12-8-13-15-11;1-6-11-13-7(14-12-6)2-5-10(18)19-15-8(16)3-4-9(15)17;1-7-2-3-9(16)15(7)19-10(17)18-5-4-8-13-11-6-12-14-8/h3-6H,7-8H2,1-2H3;1,3-6H2,2H3;2-5,8H,6-7H2,1H3;2-5H2,1H3;6H,1-5H2. The van der Waals surface area contributed by atoms with Gasteiger partial charge in [0.05, 0.1) is 40.8 Å². The van der Waals surface area contributed by atoms with Crippen LogP contribution in [0.2, 0.25) is 0 Å². The van der Waals surface area contributed by atoms with Crippen molar-refractivity contribution in [2.75, 3.05) is 26.4 Å². The van der Waals surface area contributed by atoms with Gasteiger partial charge in [-0.15, -0.1) is 117 Å². The number of carbonyl (C=O) groups is 7. The van der Waals surface area contributed by atoms with E-state index in [2.05, 4.69) is 120 Å². The number of allylic oxidation sites excluding steroid dienone is 2. The Kier molecular flexibility index (Phi) is 28.8. The molecule has 0 aliphatic carbocycles. The molecule has 3 aliphatic heterocycles. The molecule has 0 spiro atoms. The number of benzene rings is 2. The fourth-order valence-electron chi connectivity index (χ4n) is 7.05. The van der Waals surface area contributed by atoms with Gasteiger partial charge in [0, 0.05) is 57.8 Å². The Balaban J connectivity index is 0.000000192. The molecule has 4 amide bonds. The van der Waals surface area contributed by atoms with Gasteiger partial charge in [-0.3, -0.25) is 37.2 Å². The number of imide groups is 1. The molecule has 0 radical (unpaired) electrons. The molecule has 5 aromatic heterocycles. The van der Waals surface area contributed by atoms with Crippen molar-refractivity contribution in [3.8, 4) is 0 Å². The molecule has 10 rings (SSSR count). The first-order chi connectivity index (χ1) is 46.3. The summed E-state index contributed by atoms with van der Waals surface area (Å²) < 4.78 is 66.9. The highest BCUT2D eigenvalue weighted by Crippen LogP contribution is 2.23. The third-order valence-corrected chi connectivity index (χ3v) is 14.6. The van der Waals surface area contributed by atoms with Crippen LogP contribution in [0.25, 0.3) is 0 Å². The molecule has 8 heterocycles. The van der Waals surface area contributed by atoms with Crippen LogP contribution in [0.1, 0.15) is 103 Å².